The maximum absolute atomic E-state index is 5.97. The third kappa shape index (κ3) is 2.44. The molecule has 0 amide bonds. The lowest BCUT2D eigenvalue weighted by Gasteiger charge is -2.24. The first kappa shape index (κ1) is 10.3. The van der Waals surface area contributed by atoms with Crippen molar-refractivity contribution in [3.63, 3.8) is 0 Å². The summed E-state index contributed by atoms with van der Waals surface area (Å²) in [6.45, 7) is 2.02. The highest BCUT2D eigenvalue weighted by molar-refractivity contribution is 5.57. The zero-order valence-corrected chi connectivity index (χ0v) is 9.33. The molecule has 0 heterocycles. The molecule has 0 bridgehead atoms. The number of hydrogen-bond donors (Lipinski definition) is 1. The second-order valence-corrected chi connectivity index (χ2v) is 4.36. The van der Waals surface area contributed by atoms with Crippen LogP contribution in [0.5, 0.6) is 5.75 Å². The summed E-state index contributed by atoms with van der Waals surface area (Å²) in [6.07, 6.45) is 6.65. The summed E-state index contributed by atoms with van der Waals surface area (Å²) in [6, 6.07) is 5.99. The number of benzene rings is 1. The summed E-state index contributed by atoms with van der Waals surface area (Å²) in [5.41, 5.74) is 7.87. The lowest BCUT2D eigenvalue weighted by molar-refractivity contribution is 0.156. The molecule has 0 aliphatic heterocycles. The Kier molecular flexibility index (Phi) is 3.14. The Morgan fingerprint density at radius 2 is 1.93 bits per heavy atom. The van der Waals surface area contributed by atoms with Crippen LogP contribution in [0.3, 0.4) is 0 Å². The molecule has 1 aromatic carbocycles. The van der Waals surface area contributed by atoms with Gasteiger partial charge in [0.05, 0.1) is 11.8 Å². The van der Waals surface area contributed by atoms with Gasteiger partial charge in [0.2, 0.25) is 0 Å². The second-order valence-electron chi connectivity index (χ2n) is 4.36. The van der Waals surface area contributed by atoms with Gasteiger partial charge in [0.25, 0.3) is 0 Å². The normalized spacial score (nSPS) is 17.7. The fraction of sp³-hybridized carbons (Fsp3) is 0.538. The highest BCUT2D eigenvalue weighted by Crippen LogP contribution is 2.29. The largest absolute Gasteiger partial charge is 0.488 e. The van der Waals surface area contributed by atoms with E-state index in [0.29, 0.717) is 6.10 Å². The molecule has 1 saturated carbocycles. The molecule has 0 radical (unpaired) electrons. The van der Waals surface area contributed by atoms with E-state index in [4.69, 9.17) is 10.5 Å². The van der Waals surface area contributed by atoms with Gasteiger partial charge in [0, 0.05) is 0 Å². The Labute approximate surface area is 91.4 Å². The Bertz CT molecular complexity index is 329. The van der Waals surface area contributed by atoms with Crippen LogP contribution in [0.25, 0.3) is 0 Å². The van der Waals surface area contributed by atoms with Gasteiger partial charge in [-0.25, -0.2) is 0 Å². The van der Waals surface area contributed by atoms with E-state index < -0.39 is 0 Å². The summed E-state index contributed by atoms with van der Waals surface area (Å²) in [4.78, 5) is 0. The second kappa shape index (κ2) is 4.56. The minimum absolute atomic E-state index is 0.378. The van der Waals surface area contributed by atoms with Gasteiger partial charge in [-0.2, -0.15) is 0 Å². The molecule has 1 fully saturated rings. The summed E-state index contributed by atoms with van der Waals surface area (Å²) in [7, 11) is 0. The van der Waals surface area contributed by atoms with Crippen molar-refractivity contribution in [1.82, 2.24) is 0 Å². The summed E-state index contributed by atoms with van der Waals surface area (Å²) in [5.74, 6) is 0.863. The van der Waals surface area contributed by atoms with E-state index in [0.717, 1.165) is 17.0 Å². The van der Waals surface area contributed by atoms with E-state index >= 15 is 0 Å². The van der Waals surface area contributed by atoms with Crippen LogP contribution in [0.2, 0.25) is 0 Å². The van der Waals surface area contributed by atoms with Gasteiger partial charge in [-0.3, -0.25) is 0 Å². The minimum Gasteiger partial charge on any atom is -0.488 e. The van der Waals surface area contributed by atoms with Crippen molar-refractivity contribution in [2.24, 2.45) is 0 Å². The molecule has 1 aromatic rings. The van der Waals surface area contributed by atoms with Crippen molar-refractivity contribution >= 4 is 5.69 Å². The minimum atomic E-state index is 0.378. The van der Waals surface area contributed by atoms with Crippen molar-refractivity contribution in [2.45, 2.75) is 45.1 Å². The lowest BCUT2D eigenvalue weighted by atomic mass is 9.98. The lowest BCUT2D eigenvalue weighted by Crippen LogP contribution is -2.20. The molecular weight excluding hydrogens is 186 g/mol. The summed E-state index contributed by atoms with van der Waals surface area (Å²) < 4.78 is 5.94. The van der Waals surface area contributed by atoms with Gasteiger partial charge in [-0.15, -0.1) is 0 Å². The van der Waals surface area contributed by atoms with Crippen LogP contribution >= 0.6 is 0 Å². The predicted molar refractivity (Wildman–Crippen MR) is 63.1 cm³/mol. The molecule has 0 atom stereocenters. The fourth-order valence-corrected chi connectivity index (χ4v) is 2.12. The molecule has 2 nitrogen and oxygen atoms in total. The van der Waals surface area contributed by atoms with E-state index in [-0.39, 0.29) is 0 Å². The molecule has 2 N–H and O–H groups in total. The first-order valence-corrected chi connectivity index (χ1v) is 5.79. The quantitative estimate of drug-likeness (QED) is 0.752. The summed E-state index contributed by atoms with van der Waals surface area (Å²) >= 11 is 0. The van der Waals surface area contributed by atoms with Gasteiger partial charge in [-0.1, -0.05) is 18.6 Å². The molecule has 2 rings (SSSR count). The van der Waals surface area contributed by atoms with Crippen molar-refractivity contribution in [1.29, 1.82) is 0 Å². The van der Waals surface area contributed by atoms with Crippen LogP contribution in [0, 0.1) is 6.92 Å². The van der Waals surface area contributed by atoms with Crippen molar-refractivity contribution in [3.8, 4) is 5.75 Å². The molecule has 0 unspecified atom stereocenters. The van der Waals surface area contributed by atoms with Gasteiger partial charge < -0.3 is 10.5 Å². The number of nitrogen functional groups attached to an aromatic ring is 1. The van der Waals surface area contributed by atoms with Crippen LogP contribution in [0.4, 0.5) is 5.69 Å². The number of para-hydroxylation sites is 1. The van der Waals surface area contributed by atoms with Crippen molar-refractivity contribution in [2.75, 3.05) is 5.73 Å². The zero-order chi connectivity index (χ0) is 10.7. The van der Waals surface area contributed by atoms with Crippen LogP contribution in [-0.4, -0.2) is 6.10 Å². The number of hydrogen-bond acceptors (Lipinski definition) is 2. The molecule has 82 valence electrons. The van der Waals surface area contributed by atoms with E-state index in [1.165, 1.54) is 32.1 Å². The van der Waals surface area contributed by atoms with Crippen LogP contribution in [-0.2, 0) is 0 Å². The number of aryl methyl sites for hydroxylation is 1. The maximum atomic E-state index is 5.97. The van der Waals surface area contributed by atoms with Crippen LogP contribution in [0.15, 0.2) is 18.2 Å². The average Bonchev–Trinajstić information content (AvgIpc) is 2.26. The topological polar surface area (TPSA) is 35.2 Å². The molecule has 1 aliphatic carbocycles. The highest BCUT2D eigenvalue weighted by Gasteiger charge is 2.16. The van der Waals surface area contributed by atoms with E-state index in [1.807, 2.05) is 25.1 Å². The zero-order valence-electron chi connectivity index (χ0n) is 9.33. The van der Waals surface area contributed by atoms with Gasteiger partial charge in [0.15, 0.2) is 0 Å². The van der Waals surface area contributed by atoms with Crippen LogP contribution < -0.4 is 10.5 Å². The Hall–Kier alpha value is -1.18. The molecule has 2 heteroatoms. The van der Waals surface area contributed by atoms with E-state index in [1.54, 1.807) is 0 Å². The number of rotatable bonds is 2. The third-order valence-corrected chi connectivity index (χ3v) is 3.13. The first-order chi connectivity index (χ1) is 7.27. The van der Waals surface area contributed by atoms with Crippen LogP contribution in [0.1, 0.15) is 37.7 Å². The van der Waals surface area contributed by atoms with Gasteiger partial charge >= 0.3 is 0 Å². The Balaban J connectivity index is 2.06. The standard InChI is InChI=1S/C13H19NO/c1-10-6-5-9-12(13(10)14)15-11-7-3-2-4-8-11/h5-6,9,11H,2-4,7-8,14H2,1H3. The molecule has 15 heavy (non-hydrogen) atoms. The maximum Gasteiger partial charge on any atom is 0.142 e. The third-order valence-electron chi connectivity index (χ3n) is 3.13. The number of anilines is 1. The van der Waals surface area contributed by atoms with Crippen molar-refractivity contribution in [3.05, 3.63) is 23.8 Å². The Morgan fingerprint density at radius 3 is 2.67 bits per heavy atom. The molecule has 1 aliphatic rings. The van der Waals surface area contributed by atoms with Gasteiger partial charge in [-0.05, 0) is 44.2 Å². The SMILES string of the molecule is Cc1cccc(OC2CCCCC2)c1N. The highest BCUT2D eigenvalue weighted by atomic mass is 16.5. The fourth-order valence-electron chi connectivity index (χ4n) is 2.12. The Morgan fingerprint density at radius 1 is 1.20 bits per heavy atom. The smallest absolute Gasteiger partial charge is 0.142 e. The average molecular weight is 205 g/mol. The predicted octanol–water partition coefficient (Wildman–Crippen LogP) is 3.29. The monoisotopic (exact) mass is 205 g/mol. The number of ether oxygens (including phenoxy) is 1. The molecular formula is C13H19NO. The first-order valence-electron chi connectivity index (χ1n) is 5.79. The summed E-state index contributed by atoms with van der Waals surface area (Å²) in [5, 5.41) is 0. The van der Waals surface area contributed by atoms with Crippen molar-refractivity contribution < 1.29 is 4.74 Å². The molecule has 0 saturated heterocycles. The number of nitrogens with two attached hydrogens (primary N) is 1. The molecule has 0 aromatic heterocycles. The van der Waals surface area contributed by atoms with Gasteiger partial charge in [0.1, 0.15) is 5.75 Å². The molecule has 0 spiro atoms. The van der Waals surface area contributed by atoms with E-state index in [2.05, 4.69) is 0 Å². The van der Waals surface area contributed by atoms with E-state index in [9.17, 15) is 0 Å².